The predicted molar refractivity (Wildman–Crippen MR) is 90.0 cm³/mol. The Kier molecular flexibility index (Phi) is 4.34. The summed E-state index contributed by atoms with van der Waals surface area (Å²) in [6.07, 6.45) is 2.51. The summed E-state index contributed by atoms with van der Waals surface area (Å²) < 4.78 is 3.33. The van der Waals surface area contributed by atoms with Crippen LogP contribution in [0, 0.1) is 6.92 Å². The van der Waals surface area contributed by atoms with Crippen LogP contribution in [0.15, 0.2) is 35.1 Å². The molecule has 1 aromatic carbocycles. The Labute approximate surface area is 135 Å². The molecular formula is C17H22N4O2. The molecule has 0 aliphatic carbocycles. The number of anilines is 1. The zero-order chi connectivity index (χ0) is 16.4. The Morgan fingerprint density at radius 2 is 2.09 bits per heavy atom. The standard InChI is InChI=1S/C17H22N4O2/c1-12-16(19-15(22)11-13-7-6-10-18-13)17(23)21(20(12)2)14-8-4-3-5-9-14/h3-5,8-9,13,18H,6-7,10-11H2,1-2H3,(H,19,22). The quantitative estimate of drug-likeness (QED) is 0.900. The van der Waals surface area contributed by atoms with Crippen molar-refractivity contribution < 1.29 is 4.79 Å². The number of nitrogens with zero attached hydrogens (tertiary/aromatic N) is 2. The first-order chi connectivity index (χ1) is 11.1. The third kappa shape index (κ3) is 3.07. The molecule has 1 fully saturated rings. The summed E-state index contributed by atoms with van der Waals surface area (Å²) in [6, 6.07) is 9.63. The van der Waals surface area contributed by atoms with Crippen molar-refractivity contribution in [1.82, 2.24) is 14.7 Å². The van der Waals surface area contributed by atoms with Crippen molar-refractivity contribution in [2.45, 2.75) is 32.2 Å². The van der Waals surface area contributed by atoms with E-state index in [1.165, 1.54) is 0 Å². The summed E-state index contributed by atoms with van der Waals surface area (Å²) in [5.41, 5.74) is 1.68. The second kappa shape index (κ2) is 6.42. The highest BCUT2D eigenvalue weighted by atomic mass is 16.2. The molecule has 1 aromatic heterocycles. The maximum Gasteiger partial charge on any atom is 0.295 e. The molecular weight excluding hydrogens is 292 g/mol. The fourth-order valence-electron chi connectivity index (χ4n) is 3.06. The third-order valence-electron chi connectivity index (χ3n) is 4.41. The molecule has 1 aliphatic heterocycles. The van der Waals surface area contributed by atoms with Gasteiger partial charge in [-0.3, -0.25) is 14.3 Å². The minimum Gasteiger partial charge on any atom is -0.320 e. The van der Waals surface area contributed by atoms with E-state index >= 15 is 0 Å². The van der Waals surface area contributed by atoms with Crippen LogP contribution >= 0.6 is 0 Å². The Morgan fingerprint density at radius 1 is 1.35 bits per heavy atom. The van der Waals surface area contributed by atoms with E-state index < -0.39 is 0 Å². The number of para-hydroxylation sites is 1. The van der Waals surface area contributed by atoms with Crippen LogP contribution < -0.4 is 16.2 Å². The monoisotopic (exact) mass is 314 g/mol. The molecule has 1 unspecified atom stereocenters. The first-order valence-electron chi connectivity index (χ1n) is 7.95. The number of nitrogens with one attached hydrogen (secondary N) is 2. The van der Waals surface area contributed by atoms with Crippen molar-refractivity contribution in [3.05, 3.63) is 46.4 Å². The van der Waals surface area contributed by atoms with Crippen LogP contribution in [0.2, 0.25) is 0 Å². The SMILES string of the molecule is Cc1c(NC(=O)CC2CCCN2)c(=O)n(-c2ccccc2)n1C. The number of amides is 1. The molecule has 0 bridgehead atoms. The number of hydrogen-bond donors (Lipinski definition) is 2. The highest BCUT2D eigenvalue weighted by Gasteiger charge is 2.21. The zero-order valence-corrected chi connectivity index (χ0v) is 13.5. The molecule has 1 aliphatic rings. The maximum absolute atomic E-state index is 12.7. The summed E-state index contributed by atoms with van der Waals surface area (Å²) in [6.45, 7) is 2.80. The molecule has 1 amide bonds. The lowest BCUT2D eigenvalue weighted by molar-refractivity contribution is -0.116. The van der Waals surface area contributed by atoms with Crippen molar-refractivity contribution in [1.29, 1.82) is 0 Å². The molecule has 1 saturated heterocycles. The topological polar surface area (TPSA) is 68.1 Å². The Hall–Kier alpha value is -2.34. The minimum atomic E-state index is -0.205. The van der Waals surface area contributed by atoms with Gasteiger partial charge in [-0.05, 0) is 38.4 Å². The van der Waals surface area contributed by atoms with E-state index in [0.29, 0.717) is 12.1 Å². The van der Waals surface area contributed by atoms with Crippen LogP contribution in [0.4, 0.5) is 5.69 Å². The van der Waals surface area contributed by atoms with Crippen LogP contribution in [0.1, 0.15) is 25.0 Å². The third-order valence-corrected chi connectivity index (χ3v) is 4.41. The summed E-state index contributed by atoms with van der Waals surface area (Å²) in [7, 11) is 1.82. The fourth-order valence-corrected chi connectivity index (χ4v) is 3.06. The van der Waals surface area contributed by atoms with Crippen molar-refractivity contribution in [2.24, 2.45) is 7.05 Å². The Bertz CT molecular complexity index is 755. The number of carbonyl (C=O) groups is 1. The first-order valence-corrected chi connectivity index (χ1v) is 7.95. The summed E-state index contributed by atoms with van der Waals surface area (Å²) >= 11 is 0. The van der Waals surface area contributed by atoms with E-state index in [4.69, 9.17) is 0 Å². The van der Waals surface area contributed by atoms with Crippen molar-refractivity contribution in [3.8, 4) is 5.69 Å². The van der Waals surface area contributed by atoms with E-state index in [0.717, 1.165) is 30.8 Å². The van der Waals surface area contributed by atoms with E-state index in [1.54, 1.807) is 9.36 Å². The molecule has 0 spiro atoms. The van der Waals surface area contributed by atoms with E-state index in [-0.39, 0.29) is 17.5 Å². The van der Waals surface area contributed by atoms with Gasteiger partial charge in [-0.2, -0.15) is 0 Å². The molecule has 2 aromatic rings. The average Bonchev–Trinajstić information content (AvgIpc) is 3.12. The molecule has 0 radical (unpaired) electrons. The van der Waals surface area contributed by atoms with Crippen LogP contribution in [0.25, 0.3) is 5.69 Å². The van der Waals surface area contributed by atoms with Gasteiger partial charge in [0.25, 0.3) is 5.56 Å². The van der Waals surface area contributed by atoms with Gasteiger partial charge in [-0.1, -0.05) is 18.2 Å². The molecule has 0 saturated carbocycles. The lowest BCUT2D eigenvalue weighted by Gasteiger charge is -2.09. The van der Waals surface area contributed by atoms with Gasteiger partial charge < -0.3 is 10.6 Å². The highest BCUT2D eigenvalue weighted by molar-refractivity contribution is 5.91. The molecule has 2 heterocycles. The lowest BCUT2D eigenvalue weighted by Crippen LogP contribution is -2.29. The second-order valence-electron chi connectivity index (χ2n) is 5.98. The van der Waals surface area contributed by atoms with Gasteiger partial charge in [0.15, 0.2) is 0 Å². The number of carbonyl (C=O) groups excluding carboxylic acids is 1. The van der Waals surface area contributed by atoms with Crippen molar-refractivity contribution in [2.75, 3.05) is 11.9 Å². The average molecular weight is 314 g/mol. The molecule has 23 heavy (non-hydrogen) atoms. The van der Waals surface area contributed by atoms with Gasteiger partial charge in [-0.15, -0.1) is 0 Å². The van der Waals surface area contributed by atoms with Crippen LogP contribution in [0.3, 0.4) is 0 Å². The van der Waals surface area contributed by atoms with Gasteiger partial charge >= 0.3 is 0 Å². The highest BCUT2D eigenvalue weighted by Crippen LogP contribution is 2.15. The number of aromatic nitrogens is 2. The molecule has 2 N–H and O–H groups in total. The van der Waals surface area contributed by atoms with E-state index in [2.05, 4.69) is 10.6 Å². The smallest absolute Gasteiger partial charge is 0.295 e. The lowest BCUT2D eigenvalue weighted by atomic mass is 10.1. The number of hydrogen-bond acceptors (Lipinski definition) is 3. The zero-order valence-electron chi connectivity index (χ0n) is 13.5. The summed E-state index contributed by atoms with van der Waals surface area (Å²) in [5.74, 6) is -0.115. The minimum absolute atomic E-state index is 0.115. The Balaban J connectivity index is 1.85. The molecule has 3 rings (SSSR count). The maximum atomic E-state index is 12.7. The Morgan fingerprint density at radius 3 is 2.74 bits per heavy atom. The van der Waals surface area contributed by atoms with Gasteiger partial charge in [0.2, 0.25) is 5.91 Å². The summed E-state index contributed by atoms with van der Waals surface area (Å²) in [4.78, 5) is 24.9. The second-order valence-corrected chi connectivity index (χ2v) is 5.98. The number of rotatable bonds is 4. The molecule has 122 valence electrons. The van der Waals surface area contributed by atoms with Crippen LogP contribution in [-0.2, 0) is 11.8 Å². The first kappa shape index (κ1) is 15.6. The molecule has 6 heteroatoms. The normalized spacial score (nSPS) is 17.4. The molecule has 1 atom stereocenters. The van der Waals surface area contributed by atoms with Gasteiger partial charge in [0, 0.05) is 19.5 Å². The van der Waals surface area contributed by atoms with Gasteiger partial charge in [-0.25, -0.2) is 4.68 Å². The predicted octanol–water partition coefficient (Wildman–Crippen LogP) is 1.57. The van der Waals surface area contributed by atoms with Crippen LogP contribution in [0.5, 0.6) is 0 Å². The van der Waals surface area contributed by atoms with E-state index in [9.17, 15) is 9.59 Å². The summed E-state index contributed by atoms with van der Waals surface area (Å²) in [5, 5.41) is 6.10. The molecule has 6 nitrogen and oxygen atoms in total. The van der Waals surface area contributed by atoms with Gasteiger partial charge in [0.1, 0.15) is 5.69 Å². The van der Waals surface area contributed by atoms with Gasteiger partial charge in [0.05, 0.1) is 11.4 Å². The van der Waals surface area contributed by atoms with Crippen molar-refractivity contribution >= 4 is 11.6 Å². The largest absolute Gasteiger partial charge is 0.320 e. The number of benzene rings is 1. The van der Waals surface area contributed by atoms with Crippen molar-refractivity contribution in [3.63, 3.8) is 0 Å². The van der Waals surface area contributed by atoms with E-state index in [1.807, 2.05) is 44.3 Å². The van der Waals surface area contributed by atoms with Crippen LogP contribution in [-0.4, -0.2) is 27.9 Å². The fraction of sp³-hybridized carbons (Fsp3) is 0.412.